The lowest BCUT2D eigenvalue weighted by atomic mass is 10.0. The van der Waals surface area contributed by atoms with Crippen molar-refractivity contribution in [3.8, 4) is 17.2 Å². The number of nitrogens with one attached hydrogen (secondary N) is 1. The summed E-state index contributed by atoms with van der Waals surface area (Å²) in [5, 5.41) is 2.68. The van der Waals surface area contributed by atoms with E-state index in [1.54, 1.807) is 49.6 Å². The van der Waals surface area contributed by atoms with E-state index in [4.69, 9.17) is 14.2 Å². The molecule has 0 spiro atoms. The van der Waals surface area contributed by atoms with Crippen LogP contribution in [0.1, 0.15) is 16.7 Å². The van der Waals surface area contributed by atoms with Crippen molar-refractivity contribution < 1.29 is 32.2 Å². The Morgan fingerprint density at radius 3 is 2.07 bits per heavy atom. The Kier molecular flexibility index (Phi) is 11.3. The second-order valence-electron chi connectivity index (χ2n) is 10.6. The SMILES string of the molecule is CNC(=O)C(Cc1ccccc1)N(Cc1cccc(OC)c1)C(=O)CN(c1cc(OC)ccc1OC)S(=O)(=O)c1ccc(C)cc1. The Morgan fingerprint density at radius 2 is 1.43 bits per heavy atom. The number of methoxy groups -OCH3 is 3. The van der Waals surface area contributed by atoms with Gasteiger partial charge in [0.2, 0.25) is 11.8 Å². The van der Waals surface area contributed by atoms with E-state index >= 15 is 0 Å². The van der Waals surface area contributed by atoms with Gasteiger partial charge in [0.1, 0.15) is 29.8 Å². The summed E-state index contributed by atoms with van der Waals surface area (Å²) in [5.74, 6) is 0.165. The van der Waals surface area contributed by atoms with Crippen molar-refractivity contribution >= 4 is 27.5 Å². The number of amides is 2. The van der Waals surface area contributed by atoms with E-state index in [2.05, 4.69) is 5.32 Å². The number of carbonyl (C=O) groups is 2. The van der Waals surface area contributed by atoms with E-state index in [1.807, 2.05) is 43.3 Å². The van der Waals surface area contributed by atoms with Crippen molar-refractivity contribution in [3.05, 3.63) is 114 Å². The highest BCUT2D eigenvalue weighted by Crippen LogP contribution is 2.36. The number of sulfonamides is 1. The Morgan fingerprint density at radius 1 is 0.783 bits per heavy atom. The molecule has 46 heavy (non-hydrogen) atoms. The molecule has 0 heterocycles. The van der Waals surface area contributed by atoms with Crippen LogP contribution in [0.4, 0.5) is 5.69 Å². The molecule has 2 amide bonds. The molecule has 11 heteroatoms. The fourth-order valence-corrected chi connectivity index (χ4v) is 6.45. The molecule has 10 nitrogen and oxygen atoms in total. The van der Waals surface area contributed by atoms with Gasteiger partial charge in [0.25, 0.3) is 10.0 Å². The highest BCUT2D eigenvalue weighted by Gasteiger charge is 2.35. The predicted octanol–water partition coefficient (Wildman–Crippen LogP) is 4.60. The highest BCUT2D eigenvalue weighted by molar-refractivity contribution is 7.92. The van der Waals surface area contributed by atoms with Crippen LogP contribution in [0.25, 0.3) is 0 Å². The predicted molar refractivity (Wildman–Crippen MR) is 177 cm³/mol. The summed E-state index contributed by atoms with van der Waals surface area (Å²) in [7, 11) is 1.60. The molecule has 4 aromatic rings. The summed E-state index contributed by atoms with van der Waals surface area (Å²) >= 11 is 0. The summed E-state index contributed by atoms with van der Waals surface area (Å²) in [4.78, 5) is 29.4. The first-order chi connectivity index (χ1) is 22.1. The maximum atomic E-state index is 14.6. The summed E-state index contributed by atoms with van der Waals surface area (Å²) in [5.41, 5.74) is 2.51. The zero-order valence-electron chi connectivity index (χ0n) is 26.6. The van der Waals surface area contributed by atoms with E-state index in [1.165, 1.54) is 44.4 Å². The van der Waals surface area contributed by atoms with Crippen LogP contribution >= 0.6 is 0 Å². The molecule has 1 unspecified atom stereocenters. The molecule has 0 bridgehead atoms. The molecule has 242 valence electrons. The Bertz CT molecular complexity index is 1750. The van der Waals surface area contributed by atoms with Crippen molar-refractivity contribution in [1.29, 1.82) is 0 Å². The van der Waals surface area contributed by atoms with Crippen LogP contribution < -0.4 is 23.8 Å². The van der Waals surface area contributed by atoms with E-state index in [9.17, 15) is 18.0 Å². The molecule has 1 atom stereocenters. The van der Waals surface area contributed by atoms with E-state index < -0.39 is 34.4 Å². The van der Waals surface area contributed by atoms with E-state index in [-0.39, 0.29) is 29.3 Å². The molecule has 4 aromatic carbocycles. The zero-order chi connectivity index (χ0) is 33.3. The monoisotopic (exact) mass is 645 g/mol. The smallest absolute Gasteiger partial charge is 0.264 e. The number of carbonyl (C=O) groups excluding carboxylic acids is 2. The van der Waals surface area contributed by atoms with Crippen LogP contribution in [0.3, 0.4) is 0 Å². The molecule has 0 aliphatic heterocycles. The molecule has 0 saturated heterocycles. The highest BCUT2D eigenvalue weighted by atomic mass is 32.2. The average Bonchev–Trinajstić information content (AvgIpc) is 3.08. The summed E-state index contributed by atoms with van der Waals surface area (Å²) in [6, 6.07) is 26.6. The van der Waals surface area contributed by atoms with Gasteiger partial charge in [0, 0.05) is 26.1 Å². The summed E-state index contributed by atoms with van der Waals surface area (Å²) in [6.07, 6.45) is 0.198. The molecule has 0 fully saturated rings. The van der Waals surface area contributed by atoms with Crippen LogP contribution in [0.2, 0.25) is 0 Å². The number of anilines is 1. The maximum Gasteiger partial charge on any atom is 0.264 e. The topological polar surface area (TPSA) is 114 Å². The standard InChI is InChI=1S/C35H39N3O7S/c1-25-14-17-30(18-15-25)46(41,42)38(31-22-29(44-4)16-19-33(31)45-5)24-34(39)37(23-27-12-9-13-28(20-27)43-3)32(35(40)36-2)21-26-10-7-6-8-11-26/h6-20,22,32H,21,23-24H2,1-5H3,(H,36,40). The number of aryl methyl sites for hydroxylation is 1. The van der Waals surface area contributed by atoms with Crippen LogP contribution in [0, 0.1) is 6.92 Å². The molecule has 0 aromatic heterocycles. The quantitative estimate of drug-likeness (QED) is 0.213. The number of nitrogens with zero attached hydrogens (tertiary/aromatic N) is 2. The van der Waals surface area contributed by atoms with E-state index in [0.717, 1.165) is 15.4 Å². The van der Waals surface area contributed by atoms with Gasteiger partial charge in [-0.1, -0.05) is 60.2 Å². The Labute approximate surface area is 270 Å². The third-order valence-corrected chi connectivity index (χ3v) is 9.32. The second kappa shape index (κ2) is 15.3. The number of ether oxygens (including phenoxy) is 3. The number of hydrogen-bond donors (Lipinski definition) is 1. The molecule has 0 radical (unpaired) electrons. The molecule has 4 rings (SSSR count). The van der Waals surface area contributed by atoms with Crippen molar-refractivity contribution in [2.45, 2.75) is 30.8 Å². The minimum absolute atomic E-state index is 0.00855. The molecule has 1 N–H and O–H groups in total. The first kappa shape index (κ1) is 33.9. The van der Waals surface area contributed by atoms with Crippen LogP contribution in [0.5, 0.6) is 17.2 Å². The molecular weight excluding hydrogens is 606 g/mol. The average molecular weight is 646 g/mol. The van der Waals surface area contributed by atoms with Crippen LogP contribution in [-0.4, -0.2) is 66.1 Å². The van der Waals surface area contributed by atoms with Crippen molar-refractivity contribution in [2.24, 2.45) is 0 Å². The second-order valence-corrected chi connectivity index (χ2v) is 12.4. The van der Waals surface area contributed by atoms with Crippen molar-refractivity contribution in [1.82, 2.24) is 10.2 Å². The van der Waals surface area contributed by atoms with Crippen molar-refractivity contribution in [3.63, 3.8) is 0 Å². The molecular formula is C35H39N3O7S. The van der Waals surface area contributed by atoms with Gasteiger partial charge in [-0.05, 0) is 54.4 Å². The van der Waals surface area contributed by atoms with Gasteiger partial charge in [0.05, 0.1) is 31.9 Å². The number of likely N-dealkylation sites (N-methyl/N-ethyl adjacent to an activating group) is 1. The lowest BCUT2D eigenvalue weighted by molar-refractivity contribution is -0.139. The summed E-state index contributed by atoms with van der Waals surface area (Å²) in [6.45, 7) is 1.23. The normalized spacial score (nSPS) is 11.7. The Balaban J connectivity index is 1.86. The largest absolute Gasteiger partial charge is 0.497 e. The first-order valence-electron chi connectivity index (χ1n) is 14.6. The van der Waals surface area contributed by atoms with E-state index in [0.29, 0.717) is 17.1 Å². The molecule has 0 aliphatic carbocycles. The van der Waals surface area contributed by atoms with Gasteiger partial charge in [-0.25, -0.2) is 8.42 Å². The fourth-order valence-electron chi connectivity index (χ4n) is 5.03. The number of benzene rings is 4. The van der Waals surface area contributed by atoms with Crippen LogP contribution in [-0.2, 0) is 32.6 Å². The van der Waals surface area contributed by atoms with Gasteiger partial charge < -0.3 is 24.4 Å². The summed E-state index contributed by atoms with van der Waals surface area (Å²) < 4.78 is 46.0. The van der Waals surface area contributed by atoms with Gasteiger partial charge >= 0.3 is 0 Å². The zero-order valence-corrected chi connectivity index (χ0v) is 27.4. The minimum Gasteiger partial charge on any atom is -0.497 e. The minimum atomic E-state index is -4.32. The van der Waals surface area contributed by atoms with Crippen LogP contribution in [0.15, 0.2) is 102 Å². The lowest BCUT2D eigenvalue weighted by Gasteiger charge is -2.34. The van der Waals surface area contributed by atoms with Gasteiger partial charge in [-0.2, -0.15) is 0 Å². The first-order valence-corrected chi connectivity index (χ1v) is 16.0. The number of rotatable bonds is 14. The van der Waals surface area contributed by atoms with Gasteiger partial charge in [-0.3, -0.25) is 13.9 Å². The molecule has 0 aliphatic rings. The van der Waals surface area contributed by atoms with Gasteiger partial charge in [-0.15, -0.1) is 0 Å². The lowest BCUT2D eigenvalue weighted by Crippen LogP contribution is -2.53. The molecule has 0 saturated carbocycles. The van der Waals surface area contributed by atoms with Crippen molar-refractivity contribution in [2.75, 3.05) is 39.2 Å². The number of hydrogen-bond acceptors (Lipinski definition) is 7. The third kappa shape index (κ3) is 7.97. The Hall–Kier alpha value is -5.03. The fraction of sp³-hybridized carbons (Fsp3) is 0.257. The maximum absolute atomic E-state index is 14.6. The third-order valence-electron chi connectivity index (χ3n) is 7.55. The van der Waals surface area contributed by atoms with Gasteiger partial charge in [0.15, 0.2) is 0 Å².